The first kappa shape index (κ1) is 23.0. The average Bonchev–Trinajstić information content (AvgIpc) is 2.94. The Labute approximate surface area is 161 Å². The second kappa shape index (κ2) is 9.28. The van der Waals surface area contributed by atoms with E-state index in [0.29, 0.717) is 0 Å². The number of aliphatic hydroxyl groups excluding tert-OH is 1. The van der Waals surface area contributed by atoms with Crippen molar-refractivity contribution in [2.75, 3.05) is 13.1 Å². The van der Waals surface area contributed by atoms with E-state index in [0.717, 1.165) is 6.54 Å². The molecule has 2 unspecified atom stereocenters. The highest BCUT2D eigenvalue weighted by Crippen LogP contribution is 2.41. The molecule has 0 radical (unpaired) electrons. The predicted octanol–water partition coefficient (Wildman–Crippen LogP) is 2.55. The summed E-state index contributed by atoms with van der Waals surface area (Å²) in [7, 11) is 0. The second-order valence-electron chi connectivity index (χ2n) is 7.32. The molecule has 0 aliphatic carbocycles. The molecule has 27 heavy (non-hydrogen) atoms. The highest BCUT2D eigenvalue weighted by atomic mass is 16.4. The van der Waals surface area contributed by atoms with E-state index in [4.69, 9.17) is 20.3 Å². The molecule has 0 amide bonds. The SMILES string of the molecule is CCN1CCCC1(C)c1c(C)nc(C)c(C)c1C.O=C(O)CC(O)C(=O)O. The molecule has 0 bridgehead atoms. The van der Waals surface area contributed by atoms with Gasteiger partial charge in [0.1, 0.15) is 0 Å². The minimum absolute atomic E-state index is 0.189. The number of nitrogens with zero attached hydrogens (tertiary/aromatic N) is 2. The molecular weight excluding hydrogens is 348 g/mol. The maximum atomic E-state index is 9.72. The Bertz CT molecular complexity index is 704. The van der Waals surface area contributed by atoms with E-state index >= 15 is 0 Å². The van der Waals surface area contributed by atoms with E-state index in [-0.39, 0.29) is 5.54 Å². The Morgan fingerprint density at radius 1 is 1.15 bits per heavy atom. The Balaban J connectivity index is 0.000000345. The van der Waals surface area contributed by atoms with E-state index in [1.807, 2.05) is 0 Å². The number of rotatable bonds is 5. The number of aromatic nitrogens is 1. The Hall–Kier alpha value is -1.99. The van der Waals surface area contributed by atoms with Crippen molar-refractivity contribution in [1.82, 2.24) is 9.88 Å². The van der Waals surface area contributed by atoms with Crippen LogP contribution < -0.4 is 0 Å². The predicted molar refractivity (Wildman–Crippen MR) is 103 cm³/mol. The summed E-state index contributed by atoms with van der Waals surface area (Å²) in [5.74, 6) is -2.85. The third-order valence-electron chi connectivity index (χ3n) is 5.54. The van der Waals surface area contributed by atoms with Crippen LogP contribution >= 0.6 is 0 Å². The van der Waals surface area contributed by atoms with Gasteiger partial charge in [-0.05, 0) is 77.2 Å². The van der Waals surface area contributed by atoms with Crippen LogP contribution in [0.4, 0.5) is 0 Å². The zero-order valence-corrected chi connectivity index (χ0v) is 17.2. The summed E-state index contributed by atoms with van der Waals surface area (Å²) >= 11 is 0. The van der Waals surface area contributed by atoms with Crippen LogP contribution in [-0.4, -0.2) is 56.3 Å². The number of aryl methyl sites for hydroxylation is 2. The molecule has 0 spiro atoms. The summed E-state index contributed by atoms with van der Waals surface area (Å²) in [5.41, 5.74) is 6.87. The highest BCUT2D eigenvalue weighted by Gasteiger charge is 2.39. The van der Waals surface area contributed by atoms with Crippen molar-refractivity contribution in [3.8, 4) is 0 Å². The van der Waals surface area contributed by atoms with Crippen molar-refractivity contribution < 1.29 is 24.9 Å². The minimum atomic E-state index is -1.79. The molecular formula is C20H32N2O5. The van der Waals surface area contributed by atoms with Gasteiger partial charge in [-0.2, -0.15) is 0 Å². The summed E-state index contributed by atoms with van der Waals surface area (Å²) in [4.78, 5) is 26.8. The van der Waals surface area contributed by atoms with Gasteiger partial charge >= 0.3 is 11.9 Å². The molecule has 1 saturated heterocycles. The lowest BCUT2D eigenvalue weighted by molar-refractivity contribution is -0.152. The third-order valence-corrected chi connectivity index (χ3v) is 5.54. The van der Waals surface area contributed by atoms with Gasteiger partial charge in [-0.3, -0.25) is 14.7 Å². The van der Waals surface area contributed by atoms with Crippen LogP contribution in [0.5, 0.6) is 0 Å². The summed E-state index contributed by atoms with van der Waals surface area (Å²) in [5, 5.41) is 24.1. The van der Waals surface area contributed by atoms with Crippen LogP contribution in [0, 0.1) is 27.7 Å². The first-order valence-electron chi connectivity index (χ1n) is 9.28. The Kier molecular flexibility index (Phi) is 7.92. The fourth-order valence-corrected chi connectivity index (χ4v) is 3.98. The standard InChI is InChI=1S/C16H26N2.C4H6O5/c1-7-18-10-8-9-16(18,6)15-12(3)11(2)13(4)17-14(15)5;5-2(4(8)9)1-3(6)7/h7-10H2,1-6H3;2,5H,1H2,(H,6,7)(H,8,9). The van der Waals surface area contributed by atoms with Crippen LogP contribution in [0.3, 0.4) is 0 Å². The van der Waals surface area contributed by atoms with Crippen molar-refractivity contribution >= 4 is 11.9 Å². The molecule has 2 rings (SSSR count). The van der Waals surface area contributed by atoms with Crippen molar-refractivity contribution in [2.45, 2.75) is 72.4 Å². The number of hydrogen-bond acceptors (Lipinski definition) is 5. The van der Waals surface area contributed by atoms with Gasteiger partial charge in [0.15, 0.2) is 6.10 Å². The number of aliphatic hydroxyl groups is 1. The van der Waals surface area contributed by atoms with Gasteiger partial charge in [0.2, 0.25) is 0 Å². The molecule has 0 aromatic carbocycles. The highest BCUT2D eigenvalue weighted by molar-refractivity contribution is 5.79. The third kappa shape index (κ3) is 5.26. The van der Waals surface area contributed by atoms with Gasteiger partial charge in [-0.15, -0.1) is 0 Å². The molecule has 1 aromatic heterocycles. The molecule has 3 N–H and O–H groups in total. The number of carboxylic acids is 2. The smallest absolute Gasteiger partial charge is 0.333 e. The zero-order valence-electron chi connectivity index (χ0n) is 17.2. The van der Waals surface area contributed by atoms with Crippen molar-refractivity contribution in [2.24, 2.45) is 0 Å². The largest absolute Gasteiger partial charge is 0.481 e. The first-order valence-corrected chi connectivity index (χ1v) is 9.28. The van der Waals surface area contributed by atoms with E-state index in [9.17, 15) is 9.59 Å². The maximum absolute atomic E-state index is 9.72. The molecule has 7 nitrogen and oxygen atoms in total. The molecule has 152 valence electrons. The Morgan fingerprint density at radius 2 is 1.74 bits per heavy atom. The lowest BCUT2D eigenvalue weighted by atomic mass is 9.83. The van der Waals surface area contributed by atoms with E-state index in [1.165, 1.54) is 47.5 Å². The summed E-state index contributed by atoms with van der Waals surface area (Å²) in [6.07, 6.45) is 0.0144. The molecule has 1 fully saturated rings. The molecule has 7 heteroatoms. The topological polar surface area (TPSA) is 111 Å². The molecule has 2 heterocycles. The van der Waals surface area contributed by atoms with Crippen LogP contribution in [0.15, 0.2) is 0 Å². The van der Waals surface area contributed by atoms with Gasteiger partial charge in [0.05, 0.1) is 6.42 Å². The van der Waals surface area contributed by atoms with Crippen molar-refractivity contribution in [3.63, 3.8) is 0 Å². The fourth-order valence-electron chi connectivity index (χ4n) is 3.98. The van der Waals surface area contributed by atoms with Crippen LogP contribution in [0.1, 0.15) is 61.2 Å². The van der Waals surface area contributed by atoms with Gasteiger partial charge in [-0.25, -0.2) is 4.79 Å². The van der Waals surface area contributed by atoms with Gasteiger partial charge in [-0.1, -0.05) is 6.92 Å². The number of aliphatic carboxylic acids is 2. The number of carboxylic acid groups (broad SMARTS) is 2. The average molecular weight is 380 g/mol. The Morgan fingerprint density at radius 3 is 2.19 bits per heavy atom. The van der Waals surface area contributed by atoms with Crippen molar-refractivity contribution in [3.05, 3.63) is 28.1 Å². The quantitative estimate of drug-likeness (QED) is 0.720. The van der Waals surface area contributed by atoms with E-state index in [2.05, 4.69) is 46.4 Å². The summed E-state index contributed by atoms with van der Waals surface area (Å²) in [6.45, 7) is 15.8. The molecule has 2 atom stereocenters. The maximum Gasteiger partial charge on any atom is 0.333 e. The van der Waals surface area contributed by atoms with Gasteiger partial charge in [0.25, 0.3) is 0 Å². The fraction of sp³-hybridized carbons (Fsp3) is 0.650. The summed E-state index contributed by atoms with van der Waals surface area (Å²) < 4.78 is 0. The second-order valence-corrected chi connectivity index (χ2v) is 7.32. The van der Waals surface area contributed by atoms with E-state index in [1.54, 1.807) is 0 Å². The first-order chi connectivity index (χ1) is 12.5. The lowest BCUT2D eigenvalue weighted by Crippen LogP contribution is -2.40. The molecule has 1 aliphatic heterocycles. The van der Waals surface area contributed by atoms with E-state index < -0.39 is 24.5 Å². The lowest BCUT2D eigenvalue weighted by Gasteiger charge is -2.37. The van der Waals surface area contributed by atoms with Crippen molar-refractivity contribution in [1.29, 1.82) is 0 Å². The van der Waals surface area contributed by atoms with Crippen LogP contribution in [0.25, 0.3) is 0 Å². The molecule has 1 aliphatic rings. The molecule has 1 aromatic rings. The number of pyridine rings is 1. The zero-order chi connectivity index (χ0) is 20.9. The minimum Gasteiger partial charge on any atom is -0.481 e. The number of likely N-dealkylation sites (tertiary alicyclic amines) is 1. The van der Waals surface area contributed by atoms with Crippen LogP contribution in [0.2, 0.25) is 0 Å². The van der Waals surface area contributed by atoms with Gasteiger partial charge in [0, 0.05) is 16.9 Å². The monoisotopic (exact) mass is 380 g/mol. The number of hydrogen-bond donors (Lipinski definition) is 3. The molecule has 0 saturated carbocycles. The van der Waals surface area contributed by atoms with Gasteiger partial charge < -0.3 is 15.3 Å². The number of carbonyl (C=O) groups is 2. The van der Waals surface area contributed by atoms with Crippen LogP contribution in [-0.2, 0) is 15.1 Å². The normalized spacial score (nSPS) is 20.7. The summed E-state index contributed by atoms with van der Waals surface area (Å²) in [6, 6.07) is 0.